The summed E-state index contributed by atoms with van der Waals surface area (Å²) in [5.74, 6) is 0. The van der Waals surface area contributed by atoms with Crippen LogP contribution in [0.3, 0.4) is 0 Å². The lowest BCUT2D eigenvalue weighted by molar-refractivity contribution is 0.332. The molecule has 1 aromatic heterocycles. The fourth-order valence-electron chi connectivity index (χ4n) is 11.2. The van der Waals surface area contributed by atoms with Crippen LogP contribution in [0.4, 0.5) is 34.1 Å². The Kier molecular flexibility index (Phi) is 8.75. The number of anilines is 6. The molecule has 0 N–H and O–H groups in total. The van der Waals surface area contributed by atoms with E-state index < -0.39 is 0 Å². The fraction of sp³-hybridized carbons (Fsp3) is 0.288. The molecule has 0 amide bonds. The summed E-state index contributed by atoms with van der Waals surface area (Å²) in [5.41, 5.74) is 21.3. The second-order valence-electron chi connectivity index (χ2n) is 22.1. The van der Waals surface area contributed by atoms with Crippen LogP contribution < -0.4 is 26.2 Å². The van der Waals surface area contributed by atoms with Gasteiger partial charge in [0.2, 0.25) is 0 Å². The lowest BCUT2D eigenvalue weighted by Crippen LogP contribution is -2.61. The molecule has 4 heteroatoms. The van der Waals surface area contributed by atoms with Crippen LogP contribution in [-0.4, -0.2) is 6.71 Å². The van der Waals surface area contributed by atoms with Crippen molar-refractivity contribution in [1.29, 1.82) is 0 Å². The van der Waals surface area contributed by atoms with Gasteiger partial charge in [0.15, 0.2) is 0 Å². The van der Waals surface area contributed by atoms with Gasteiger partial charge in [0.25, 0.3) is 6.71 Å². The molecule has 2 aliphatic heterocycles. The maximum absolute atomic E-state index is 2.69. The molecule has 1 aliphatic carbocycles. The summed E-state index contributed by atoms with van der Waals surface area (Å²) in [7, 11) is 0. The number of rotatable bonds is 3. The van der Waals surface area contributed by atoms with Crippen molar-refractivity contribution >= 4 is 88.7 Å². The van der Waals surface area contributed by atoms with Crippen molar-refractivity contribution in [2.24, 2.45) is 0 Å². The molecule has 0 atom stereocenters. The van der Waals surface area contributed by atoms with E-state index in [1.807, 2.05) is 11.3 Å². The van der Waals surface area contributed by atoms with E-state index in [1.165, 1.54) is 122 Å². The van der Waals surface area contributed by atoms with Crippen molar-refractivity contribution in [3.63, 3.8) is 0 Å². The molecule has 0 radical (unpaired) electrons. The summed E-state index contributed by atoms with van der Waals surface area (Å²) in [5, 5.41) is 2.67. The quantitative estimate of drug-likeness (QED) is 0.164. The highest BCUT2D eigenvalue weighted by Crippen LogP contribution is 2.54. The van der Waals surface area contributed by atoms with Gasteiger partial charge >= 0.3 is 0 Å². The Balaban J connectivity index is 1.32. The van der Waals surface area contributed by atoms with E-state index in [0.717, 1.165) is 0 Å². The Morgan fingerprint density at radius 1 is 0.524 bits per heavy atom. The van der Waals surface area contributed by atoms with Crippen molar-refractivity contribution < 1.29 is 0 Å². The van der Waals surface area contributed by atoms with Gasteiger partial charge in [-0.15, -0.1) is 11.3 Å². The zero-order chi connectivity index (χ0) is 44.0. The first-order chi connectivity index (χ1) is 29.9. The third kappa shape index (κ3) is 6.11. The number of benzene rings is 7. The molecular weight excluding hydrogens is 780 g/mol. The number of hydrogen-bond donors (Lipinski definition) is 0. The summed E-state index contributed by atoms with van der Waals surface area (Å²) >= 11 is 1.91. The standard InChI is InChI=1S/C59H59BN2S/c1-36-31-42-43(59(10,11)30-29-58(42,8)9)35-48(36)61-47-27-25-38(56(2,3)4)32-45(47)60-44-26-28-52-53(41-22-16-18-24-51(41)63-52)55(44)62(50-34-39(57(5,6)7)33-49(61)54(50)60)46-23-17-15-21-40(46)37-19-13-12-14-20-37/h12-28,31-35H,29-30H2,1-11H3. The van der Waals surface area contributed by atoms with Crippen LogP contribution in [0, 0.1) is 6.92 Å². The van der Waals surface area contributed by atoms with Gasteiger partial charge in [-0.1, -0.05) is 160 Å². The lowest BCUT2D eigenvalue weighted by atomic mass is 9.33. The molecule has 0 spiro atoms. The van der Waals surface area contributed by atoms with Crippen LogP contribution in [-0.2, 0) is 21.7 Å². The Bertz CT molecular complexity index is 3170. The van der Waals surface area contributed by atoms with E-state index in [4.69, 9.17) is 0 Å². The topological polar surface area (TPSA) is 6.48 Å². The van der Waals surface area contributed by atoms with E-state index >= 15 is 0 Å². The van der Waals surface area contributed by atoms with Crippen molar-refractivity contribution in [1.82, 2.24) is 0 Å². The smallest absolute Gasteiger partial charge is 0.252 e. The molecule has 3 heterocycles. The molecule has 8 aromatic rings. The van der Waals surface area contributed by atoms with Crippen molar-refractivity contribution in [3.8, 4) is 11.1 Å². The Hall–Kier alpha value is -5.58. The van der Waals surface area contributed by atoms with Crippen LogP contribution >= 0.6 is 11.3 Å². The number of nitrogens with zero attached hydrogens (tertiary/aromatic N) is 2. The molecule has 7 aromatic carbocycles. The van der Waals surface area contributed by atoms with E-state index in [2.05, 4.69) is 219 Å². The first-order valence-electron chi connectivity index (χ1n) is 23.1. The molecular formula is C59H59BN2S. The van der Waals surface area contributed by atoms with Gasteiger partial charge in [0.05, 0.1) is 11.4 Å². The molecule has 3 aliphatic rings. The third-order valence-corrected chi connectivity index (χ3v) is 16.1. The molecule has 0 bridgehead atoms. The maximum Gasteiger partial charge on any atom is 0.252 e. The summed E-state index contributed by atoms with van der Waals surface area (Å²) < 4.78 is 2.65. The Morgan fingerprint density at radius 2 is 1.16 bits per heavy atom. The second kappa shape index (κ2) is 13.7. The minimum Gasteiger partial charge on any atom is -0.311 e. The van der Waals surface area contributed by atoms with Crippen LogP contribution in [0.15, 0.2) is 133 Å². The van der Waals surface area contributed by atoms with Crippen molar-refractivity contribution in [2.45, 2.75) is 111 Å². The van der Waals surface area contributed by atoms with Crippen LogP contribution in [0.5, 0.6) is 0 Å². The van der Waals surface area contributed by atoms with Gasteiger partial charge in [0, 0.05) is 48.5 Å². The average Bonchev–Trinajstić information content (AvgIpc) is 3.64. The zero-order valence-electron chi connectivity index (χ0n) is 39.0. The third-order valence-electron chi connectivity index (χ3n) is 14.9. The Labute approximate surface area is 379 Å². The van der Waals surface area contributed by atoms with Crippen LogP contribution in [0.2, 0.25) is 0 Å². The van der Waals surface area contributed by atoms with Gasteiger partial charge in [-0.25, -0.2) is 0 Å². The van der Waals surface area contributed by atoms with E-state index in [9.17, 15) is 0 Å². The van der Waals surface area contributed by atoms with Gasteiger partial charge < -0.3 is 9.80 Å². The van der Waals surface area contributed by atoms with Crippen LogP contribution in [0.25, 0.3) is 31.3 Å². The number of fused-ring (bicyclic) bond motifs is 9. The lowest BCUT2D eigenvalue weighted by Gasteiger charge is -2.47. The van der Waals surface area contributed by atoms with Gasteiger partial charge in [-0.2, -0.15) is 0 Å². The monoisotopic (exact) mass is 838 g/mol. The number of thiophene rings is 1. The van der Waals surface area contributed by atoms with Crippen LogP contribution in [0.1, 0.15) is 110 Å². The first-order valence-corrected chi connectivity index (χ1v) is 23.9. The van der Waals surface area contributed by atoms with Gasteiger partial charge in [-0.3, -0.25) is 0 Å². The summed E-state index contributed by atoms with van der Waals surface area (Å²) in [4.78, 5) is 5.37. The molecule has 63 heavy (non-hydrogen) atoms. The van der Waals surface area contributed by atoms with E-state index in [-0.39, 0.29) is 28.4 Å². The molecule has 0 saturated heterocycles. The minimum atomic E-state index is -0.119. The minimum absolute atomic E-state index is 0.0177. The first kappa shape index (κ1) is 40.2. The molecule has 0 saturated carbocycles. The molecule has 0 fully saturated rings. The molecule has 11 rings (SSSR count). The number of para-hydroxylation sites is 1. The predicted molar refractivity (Wildman–Crippen MR) is 276 cm³/mol. The number of aryl methyl sites for hydroxylation is 1. The SMILES string of the molecule is Cc1cc2c(cc1N1c3ccc(C(C)(C)C)cc3B3c4ccc5sc6ccccc6c5c4N(c4ccccc4-c4ccccc4)c4cc(C(C)(C)C)cc1c43)C(C)(C)CCC2(C)C. The highest BCUT2D eigenvalue weighted by molar-refractivity contribution is 7.26. The normalized spacial score (nSPS) is 16.2. The van der Waals surface area contributed by atoms with E-state index in [0.29, 0.717) is 0 Å². The number of hydrogen-bond acceptors (Lipinski definition) is 3. The largest absolute Gasteiger partial charge is 0.311 e. The molecule has 314 valence electrons. The van der Waals surface area contributed by atoms with E-state index in [1.54, 1.807) is 0 Å². The average molecular weight is 839 g/mol. The molecule has 2 nitrogen and oxygen atoms in total. The highest BCUT2D eigenvalue weighted by atomic mass is 32.1. The second-order valence-corrected chi connectivity index (χ2v) is 23.2. The van der Waals surface area contributed by atoms with Gasteiger partial charge in [0.1, 0.15) is 0 Å². The molecule has 0 unspecified atom stereocenters. The highest BCUT2D eigenvalue weighted by Gasteiger charge is 2.47. The summed E-state index contributed by atoms with van der Waals surface area (Å²) in [6, 6.07) is 51.8. The summed E-state index contributed by atoms with van der Waals surface area (Å²) in [6.07, 6.45) is 2.37. The predicted octanol–water partition coefficient (Wildman–Crippen LogP) is 15.1. The van der Waals surface area contributed by atoms with Crippen molar-refractivity contribution in [3.05, 3.63) is 161 Å². The van der Waals surface area contributed by atoms with Crippen molar-refractivity contribution in [2.75, 3.05) is 9.80 Å². The fourth-order valence-corrected chi connectivity index (χ4v) is 12.3. The Morgan fingerprint density at radius 3 is 1.87 bits per heavy atom. The summed E-state index contributed by atoms with van der Waals surface area (Å²) in [6.45, 7) is 26.4. The zero-order valence-corrected chi connectivity index (χ0v) is 39.8. The maximum atomic E-state index is 2.69. The van der Waals surface area contributed by atoms with Gasteiger partial charge in [-0.05, 0) is 134 Å².